The lowest BCUT2D eigenvalue weighted by Crippen LogP contribution is -2.09. The molecular formula is C18H13F4N5O. The number of fused-ring (bicyclic) bond motifs is 1. The van der Waals surface area contributed by atoms with Crippen molar-refractivity contribution in [2.24, 2.45) is 0 Å². The second-order valence-corrected chi connectivity index (χ2v) is 6.21. The van der Waals surface area contributed by atoms with Crippen LogP contribution < -0.4 is 5.32 Å². The summed E-state index contributed by atoms with van der Waals surface area (Å²) >= 11 is 0. The lowest BCUT2D eigenvalue weighted by Gasteiger charge is -2.13. The van der Waals surface area contributed by atoms with E-state index in [1.165, 1.54) is 25.1 Å². The van der Waals surface area contributed by atoms with Crippen LogP contribution in [0.5, 0.6) is 0 Å². The lowest BCUT2D eigenvalue weighted by atomic mass is 10.1. The number of nitrogens with one attached hydrogen (secondary N) is 2. The van der Waals surface area contributed by atoms with Gasteiger partial charge < -0.3 is 9.73 Å². The maximum atomic E-state index is 14.4. The van der Waals surface area contributed by atoms with Crippen molar-refractivity contribution in [1.29, 1.82) is 0 Å². The van der Waals surface area contributed by atoms with E-state index in [-0.39, 0.29) is 29.2 Å². The van der Waals surface area contributed by atoms with Crippen LogP contribution in [0, 0.1) is 12.7 Å². The SMILES string of the molecule is Cc1ccc(NCc2cc3cc(-c4nn[nH]n4)oc3cc2F)cc1C(F)(F)F. The molecule has 4 rings (SSSR count). The molecule has 28 heavy (non-hydrogen) atoms. The molecule has 0 radical (unpaired) electrons. The largest absolute Gasteiger partial charge is 0.452 e. The summed E-state index contributed by atoms with van der Waals surface area (Å²) in [5.41, 5.74) is 0.223. The van der Waals surface area contributed by atoms with Gasteiger partial charge in [-0.2, -0.15) is 18.4 Å². The van der Waals surface area contributed by atoms with E-state index >= 15 is 0 Å². The molecule has 2 N–H and O–H groups in total. The average molecular weight is 391 g/mol. The molecule has 0 saturated heterocycles. The Morgan fingerprint density at radius 2 is 1.96 bits per heavy atom. The van der Waals surface area contributed by atoms with Crippen LogP contribution in [0.2, 0.25) is 0 Å². The van der Waals surface area contributed by atoms with Gasteiger partial charge >= 0.3 is 6.18 Å². The van der Waals surface area contributed by atoms with Crippen LogP contribution in [0.25, 0.3) is 22.6 Å². The average Bonchev–Trinajstić information content (AvgIpc) is 3.29. The minimum atomic E-state index is -4.45. The fraction of sp³-hybridized carbons (Fsp3) is 0.167. The highest BCUT2D eigenvalue weighted by atomic mass is 19.4. The summed E-state index contributed by atoms with van der Waals surface area (Å²) in [6.07, 6.45) is -4.45. The minimum Gasteiger partial charge on any atom is -0.452 e. The number of rotatable bonds is 4. The molecular weight excluding hydrogens is 378 g/mol. The summed E-state index contributed by atoms with van der Waals surface area (Å²) in [5, 5.41) is 16.8. The van der Waals surface area contributed by atoms with Crippen molar-refractivity contribution in [1.82, 2.24) is 20.6 Å². The van der Waals surface area contributed by atoms with E-state index in [1.54, 1.807) is 12.1 Å². The van der Waals surface area contributed by atoms with Crippen molar-refractivity contribution < 1.29 is 22.0 Å². The van der Waals surface area contributed by atoms with Crippen molar-refractivity contribution in [3.8, 4) is 11.6 Å². The molecule has 2 heterocycles. The number of alkyl halides is 3. The first kappa shape index (κ1) is 18.0. The van der Waals surface area contributed by atoms with E-state index in [2.05, 4.69) is 25.9 Å². The maximum Gasteiger partial charge on any atom is 0.416 e. The molecule has 6 nitrogen and oxygen atoms in total. The van der Waals surface area contributed by atoms with Gasteiger partial charge in [0, 0.05) is 29.2 Å². The fourth-order valence-electron chi connectivity index (χ4n) is 2.86. The Labute approximate surface area is 155 Å². The highest BCUT2D eigenvalue weighted by Crippen LogP contribution is 2.34. The maximum absolute atomic E-state index is 14.4. The smallest absolute Gasteiger partial charge is 0.416 e. The van der Waals surface area contributed by atoms with Crippen LogP contribution in [-0.4, -0.2) is 20.6 Å². The third-order valence-corrected chi connectivity index (χ3v) is 4.28. The Bertz CT molecular complexity index is 1140. The first-order valence-electron chi connectivity index (χ1n) is 8.19. The van der Waals surface area contributed by atoms with Crippen LogP contribution in [-0.2, 0) is 12.7 Å². The molecule has 0 aliphatic heterocycles. The Morgan fingerprint density at radius 1 is 1.14 bits per heavy atom. The summed E-state index contributed by atoms with van der Waals surface area (Å²) in [6, 6.07) is 8.32. The molecule has 0 bridgehead atoms. The third-order valence-electron chi connectivity index (χ3n) is 4.28. The second kappa shape index (κ2) is 6.63. The van der Waals surface area contributed by atoms with Crippen LogP contribution in [0.3, 0.4) is 0 Å². The van der Waals surface area contributed by atoms with Gasteiger partial charge in [0.25, 0.3) is 0 Å². The molecule has 0 fully saturated rings. The topological polar surface area (TPSA) is 79.6 Å². The third kappa shape index (κ3) is 3.40. The molecule has 2 aromatic carbocycles. The predicted molar refractivity (Wildman–Crippen MR) is 92.9 cm³/mol. The normalized spacial score (nSPS) is 11.9. The zero-order valence-corrected chi connectivity index (χ0v) is 14.4. The van der Waals surface area contributed by atoms with Gasteiger partial charge in [-0.3, -0.25) is 0 Å². The number of benzene rings is 2. The van der Waals surface area contributed by atoms with E-state index in [0.717, 1.165) is 6.07 Å². The summed E-state index contributed by atoms with van der Waals surface area (Å²) in [6.45, 7) is 1.39. The number of furan rings is 1. The number of nitrogens with zero attached hydrogens (tertiary/aromatic N) is 3. The first-order valence-corrected chi connectivity index (χ1v) is 8.19. The van der Waals surface area contributed by atoms with E-state index in [1.807, 2.05) is 0 Å². The zero-order chi connectivity index (χ0) is 19.9. The molecule has 0 amide bonds. The number of aryl methyl sites for hydroxylation is 1. The molecule has 144 valence electrons. The first-order chi connectivity index (χ1) is 13.3. The summed E-state index contributed by atoms with van der Waals surface area (Å²) in [5.74, 6) is 0.00870. The van der Waals surface area contributed by atoms with E-state index in [9.17, 15) is 17.6 Å². The quantitative estimate of drug-likeness (QED) is 0.494. The van der Waals surface area contributed by atoms with Gasteiger partial charge in [-0.15, -0.1) is 10.2 Å². The van der Waals surface area contributed by atoms with Gasteiger partial charge in [0.1, 0.15) is 11.4 Å². The summed E-state index contributed by atoms with van der Waals surface area (Å²) in [4.78, 5) is 0. The minimum absolute atomic E-state index is 0.00482. The number of anilines is 1. The Morgan fingerprint density at radius 3 is 2.68 bits per heavy atom. The second-order valence-electron chi connectivity index (χ2n) is 6.21. The number of aromatic amines is 1. The molecule has 0 aliphatic carbocycles. The van der Waals surface area contributed by atoms with Gasteiger partial charge in [-0.1, -0.05) is 6.07 Å². The van der Waals surface area contributed by atoms with E-state index < -0.39 is 17.6 Å². The molecule has 2 aromatic heterocycles. The number of hydrogen-bond acceptors (Lipinski definition) is 5. The van der Waals surface area contributed by atoms with Crippen molar-refractivity contribution in [3.05, 3.63) is 58.9 Å². The zero-order valence-electron chi connectivity index (χ0n) is 14.4. The predicted octanol–water partition coefficient (Wildman–Crippen LogP) is 4.69. The number of tetrazole rings is 1. The Kier molecular flexibility index (Phi) is 4.25. The highest BCUT2D eigenvalue weighted by Gasteiger charge is 2.32. The van der Waals surface area contributed by atoms with Crippen LogP contribution in [0.1, 0.15) is 16.7 Å². The van der Waals surface area contributed by atoms with E-state index in [0.29, 0.717) is 16.7 Å². The molecule has 0 spiro atoms. The summed E-state index contributed by atoms with van der Waals surface area (Å²) in [7, 11) is 0. The fourth-order valence-corrected chi connectivity index (χ4v) is 2.86. The molecule has 0 unspecified atom stereocenters. The van der Waals surface area contributed by atoms with Gasteiger partial charge in [0.05, 0.1) is 5.56 Å². The van der Waals surface area contributed by atoms with Gasteiger partial charge in [-0.25, -0.2) is 4.39 Å². The number of hydrogen-bond donors (Lipinski definition) is 2. The summed E-state index contributed by atoms with van der Waals surface area (Å²) < 4.78 is 59.0. The standard InChI is InChI=1S/C18H13F4N5O/c1-9-2-3-12(6-13(9)18(20,21)22)23-8-11-4-10-5-16(17-24-26-27-25-17)28-15(10)7-14(11)19/h2-7,23H,8H2,1H3,(H,24,25,26,27). The van der Waals surface area contributed by atoms with Gasteiger partial charge in [0.2, 0.25) is 5.82 Å². The van der Waals surface area contributed by atoms with Gasteiger partial charge in [-0.05, 0) is 42.0 Å². The Hall–Kier alpha value is -3.43. The van der Waals surface area contributed by atoms with Crippen LogP contribution in [0.15, 0.2) is 40.8 Å². The number of halogens is 4. The monoisotopic (exact) mass is 391 g/mol. The molecule has 0 aliphatic rings. The Balaban J connectivity index is 1.59. The van der Waals surface area contributed by atoms with Crippen molar-refractivity contribution in [2.45, 2.75) is 19.6 Å². The van der Waals surface area contributed by atoms with E-state index in [4.69, 9.17) is 4.42 Å². The van der Waals surface area contributed by atoms with Crippen molar-refractivity contribution in [2.75, 3.05) is 5.32 Å². The van der Waals surface area contributed by atoms with Crippen molar-refractivity contribution in [3.63, 3.8) is 0 Å². The van der Waals surface area contributed by atoms with Crippen molar-refractivity contribution >= 4 is 16.7 Å². The number of aromatic nitrogens is 4. The lowest BCUT2D eigenvalue weighted by molar-refractivity contribution is -0.138. The van der Waals surface area contributed by atoms with Gasteiger partial charge in [0.15, 0.2) is 5.76 Å². The molecule has 0 atom stereocenters. The molecule has 0 saturated carbocycles. The highest BCUT2D eigenvalue weighted by molar-refractivity contribution is 5.82. The molecule has 10 heteroatoms. The number of H-pyrrole nitrogens is 1. The van der Waals surface area contributed by atoms with Crippen LogP contribution >= 0.6 is 0 Å². The molecule has 4 aromatic rings. The van der Waals surface area contributed by atoms with Crippen LogP contribution in [0.4, 0.5) is 23.2 Å².